The summed E-state index contributed by atoms with van der Waals surface area (Å²) in [4.78, 5) is 2.66. The highest BCUT2D eigenvalue weighted by molar-refractivity contribution is 5.50. The Morgan fingerprint density at radius 1 is 1.10 bits per heavy atom. The van der Waals surface area contributed by atoms with Gasteiger partial charge in [0, 0.05) is 24.8 Å². The fourth-order valence-electron chi connectivity index (χ4n) is 2.74. The molecule has 2 heteroatoms. The zero-order valence-corrected chi connectivity index (χ0v) is 12.9. The Hall–Kier alpha value is -1.02. The lowest BCUT2D eigenvalue weighted by molar-refractivity contribution is 0.552. The average molecular weight is 272 g/mol. The molecule has 0 radical (unpaired) electrons. The van der Waals surface area contributed by atoms with Gasteiger partial charge in [-0.15, -0.1) is 0 Å². The summed E-state index contributed by atoms with van der Waals surface area (Å²) in [6.07, 6.45) is 5.68. The van der Waals surface area contributed by atoms with E-state index in [-0.39, 0.29) is 0 Å². The highest BCUT2D eigenvalue weighted by Gasteiger charge is 2.33. The highest BCUT2D eigenvalue weighted by atomic mass is 15.2. The summed E-state index contributed by atoms with van der Waals surface area (Å²) in [5.74, 6) is 1.70. The molecule has 0 amide bonds. The number of hydrogen-bond donors (Lipinski definition) is 1. The molecule has 1 N–H and O–H groups in total. The molecule has 2 saturated carbocycles. The van der Waals surface area contributed by atoms with Gasteiger partial charge in [-0.05, 0) is 61.8 Å². The zero-order chi connectivity index (χ0) is 13.9. The summed E-state index contributed by atoms with van der Waals surface area (Å²) in [5, 5.41) is 3.51. The summed E-state index contributed by atoms with van der Waals surface area (Å²) >= 11 is 0. The van der Waals surface area contributed by atoms with E-state index < -0.39 is 0 Å². The van der Waals surface area contributed by atoms with Gasteiger partial charge in [-0.3, -0.25) is 0 Å². The van der Waals surface area contributed by atoms with Crippen LogP contribution in [0.4, 0.5) is 5.69 Å². The van der Waals surface area contributed by atoms with Gasteiger partial charge < -0.3 is 10.2 Å². The first-order valence-electron chi connectivity index (χ1n) is 8.28. The molecule has 2 nitrogen and oxygen atoms in total. The standard InChI is InChI=1S/C18H28N2/c1-14(2)11-19-12-15-5-7-17(8-6-15)20(18-9-10-18)13-16-3-4-16/h5-8,14,16,18-19H,3-4,9-13H2,1-2H3. The van der Waals surface area contributed by atoms with Gasteiger partial charge in [-0.1, -0.05) is 26.0 Å². The minimum Gasteiger partial charge on any atom is -0.368 e. The molecular weight excluding hydrogens is 244 g/mol. The largest absolute Gasteiger partial charge is 0.368 e. The van der Waals surface area contributed by atoms with Crippen LogP contribution in [0.5, 0.6) is 0 Å². The molecule has 0 spiro atoms. The van der Waals surface area contributed by atoms with Gasteiger partial charge in [0.2, 0.25) is 0 Å². The van der Waals surface area contributed by atoms with Crippen LogP contribution in [-0.2, 0) is 6.54 Å². The minimum absolute atomic E-state index is 0.721. The normalized spacial score (nSPS) is 18.6. The maximum absolute atomic E-state index is 3.51. The predicted octanol–water partition coefficient (Wildman–Crippen LogP) is 3.81. The molecule has 1 aromatic rings. The first kappa shape index (κ1) is 13.9. The van der Waals surface area contributed by atoms with E-state index in [1.54, 1.807) is 0 Å². The number of nitrogens with one attached hydrogen (secondary N) is 1. The quantitative estimate of drug-likeness (QED) is 0.774. The molecule has 2 aliphatic rings. The number of hydrogen-bond acceptors (Lipinski definition) is 2. The van der Waals surface area contributed by atoms with Crippen molar-refractivity contribution in [3.05, 3.63) is 29.8 Å². The van der Waals surface area contributed by atoms with Crippen molar-refractivity contribution in [3.63, 3.8) is 0 Å². The molecule has 0 aromatic heterocycles. The lowest BCUT2D eigenvalue weighted by Crippen LogP contribution is -2.28. The number of nitrogens with zero attached hydrogens (tertiary/aromatic N) is 1. The third kappa shape index (κ3) is 3.99. The molecule has 20 heavy (non-hydrogen) atoms. The molecule has 1 aromatic carbocycles. The molecule has 0 atom stereocenters. The molecule has 3 rings (SSSR count). The summed E-state index contributed by atoms with van der Waals surface area (Å²) < 4.78 is 0. The second-order valence-electron chi connectivity index (χ2n) is 7.02. The van der Waals surface area contributed by atoms with Crippen LogP contribution >= 0.6 is 0 Å². The van der Waals surface area contributed by atoms with E-state index in [0.29, 0.717) is 0 Å². The van der Waals surface area contributed by atoms with Crippen molar-refractivity contribution in [1.29, 1.82) is 0 Å². The van der Waals surface area contributed by atoms with Crippen LogP contribution in [0, 0.1) is 11.8 Å². The summed E-state index contributed by atoms with van der Waals surface area (Å²) in [5.41, 5.74) is 2.84. The SMILES string of the molecule is CC(C)CNCc1ccc(N(CC2CC2)C2CC2)cc1. The van der Waals surface area contributed by atoms with E-state index in [9.17, 15) is 0 Å². The highest BCUT2D eigenvalue weighted by Crippen LogP contribution is 2.37. The molecule has 0 heterocycles. The van der Waals surface area contributed by atoms with E-state index in [1.807, 2.05) is 0 Å². The van der Waals surface area contributed by atoms with Crippen molar-refractivity contribution in [3.8, 4) is 0 Å². The maximum Gasteiger partial charge on any atom is 0.0368 e. The van der Waals surface area contributed by atoms with Crippen LogP contribution in [0.15, 0.2) is 24.3 Å². The van der Waals surface area contributed by atoms with Gasteiger partial charge >= 0.3 is 0 Å². The van der Waals surface area contributed by atoms with Crippen LogP contribution in [0.1, 0.15) is 45.1 Å². The van der Waals surface area contributed by atoms with Crippen LogP contribution in [0.25, 0.3) is 0 Å². The first-order chi connectivity index (χ1) is 9.72. The first-order valence-corrected chi connectivity index (χ1v) is 8.28. The average Bonchev–Trinajstić information content (AvgIpc) is 3.29. The van der Waals surface area contributed by atoms with Gasteiger partial charge in [-0.25, -0.2) is 0 Å². The summed E-state index contributed by atoms with van der Waals surface area (Å²) in [7, 11) is 0. The van der Waals surface area contributed by atoms with Gasteiger partial charge in [0.1, 0.15) is 0 Å². The van der Waals surface area contributed by atoms with Crippen LogP contribution in [-0.4, -0.2) is 19.1 Å². The van der Waals surface area contributed by atoms with Crippen molar-refractivity contribution in [2.45, 2.75) is 52.1 Å². The fourth-order valence-corrected chi connectivity index (χ4v) is 2.74. The van der Waals surface area contributed by atoms with Crippen molar-refractivity contribution >= 4 is 5.69 Å². The lowest BCUT2D eigenvalue weighted by atomic mass is 10.1. The van der Waals surface area contributed by atoms with Crippen molar-refractivity contribution in [2.24, 2.45) is 11.8 Å². The Morgan fingerprint density at radius 2 is 1.80 bits per heavy atom. The summed E-state index contributed by atoms with van der Waals surface area (Å²) in [6.45, 7) is 7.88. The minimum atomic E-state index is 0.721. The second kappa shape index (κ2) is 6.17. The molecule has 0 bridgehead atoms. The van der Waals surface area contributed by atoms with Crippen molar-refractivity contribution in [1.82, 2.24) is 5.32 Å². The van der Waals surface area contributed by atoms with Crippen molar-refractivity contribution < 1.29 is 0 Å². The van der Waals surface area contributed by atoms with E-state index in [0.717, 1.165) is 31.0 Å². The monoisotopic (exact) mass is 272 g/mol. The number of benzene rings is 1. The Balaban J connectivity index is 1.56. The predicted molar refractivity (Wildman–Crippen MR) is 86.1 cm³/mol. The Kier molecular flexibility index (Phi) is 4.30. The molecule has 0 aliphatic heterocycles. The zero-order valence-electron chi connectivity index (χ0n) is 12.9. The maximum atomic E-state index is 3.51. The summed E-state index contributed by atoms with van der Waals surface area (Å²) in [6, 6.07) is 10.1. The lowest BCUT2D eigenvalue weighted by Gasteiger charge is -2.25. The van der Waals surface area contributed by atoms with Gasteiger partial charge in [0.15, 0.2) is 0 Å². The second-order valence-corrected chi connectivity index (χ2v) is 7.02. The van der Waals surface area contributed by atoms with Crippen LogP contribution < -0.4 is 10.2 Å². The van der Waals surface area contributed by atoms with E-state index in [1.165, 1.54) is 43.5 Å². The number of anilines is 1. The molecule has 2 fully saturated rings. The molecule has 0 unspecified atom stereocenters. The Morgan fingerprint density at radius 3 is 2.35 bits per heavy atom. The van der Waals surface area contributed by atoms with Crippen molar-refractivity contribution in [2.75, 3.05) is 18.0 Å². The van der Waals surface area contributed by atoms with Gasteiger partial charge in [0.05, 0.1) is 0 Å². The smallest absolute Gasteiger partial charge is 0.0368 e. The Labute approximate surface area is 123 Å². The third-order valence-corrected chi connectivity index (χ3v) is 4.29. The Bertz CT molecular complexity index is 416. The molecule has 110 valence electrons. The topological polar surface area (TPSA) is 15.3 Å². The van der Waals surface area contributed by atoms with E-state index in [2.05, 4.69) is 48.3 Å². The molecular formula is C18H28N2. The number of rotatable bonds is 8. The fraction of sp³-hybridized carbons (Fsp3) is 0.667. The van der Waals surface area contributed by atoms with Crippen LogP contribution in [0.2, 0.25) is 0 Å². The van der Waals surface area contributed by atoms with Gasteiger partial charge in [-0.2, -0.15) is 0 Å². The van der Waals surface area contributed by atoms with Gasteiger partial charge in [0.25, 0.3) is 0 Å². The molecule has 2 aliphatic carbocycles. The molecule has 0 saturated heterocycles. The third-order valence-electron chi connectivity index (χ3n) is 4.29. The van der Waals surface area contributed by atoms with Crippen LogP contribution in [0.3, 0.4) is 0 Å². The van der Waals surface area contributed by atoms with E-state index >= 15 is 0 Å². The van der Waals surface area contributed by atoms with E-state index in [4.69, 9.17) is 0 Å².